The molecule has 0 saturated heterocycles. The number of aryl methyl sites for hydroxylation is 1. The fourth-order valence-corrected chi connectivity index (χ4v) is 4.14. The number of carbonyl (C=O) groups excluding carboxylic acids is 1. The van der Waals surface area contributed by atoms with Crippen LogP contribution >= 0.6 is 12.2 Å². The summed E-state index contributed by atoms with van der Waals surface area (Å²) in [6.07, 6.45) is 0. The van der Waals surface area contributed by atoms with Crippen molar-refractivity contribution in [3.63, 3.8) is 0 Å². The van der Waals surface area contributed by atoms with Gasteiger partial charge in [-0.05, 0) is 87.6 Å². The summed E-state index contributed by atoms with van der Waals surface area (Å²) in [5.74, 6) is 0.654. The van der Waals surface area contributed by atoms with E-state index in [4.69, 9.17) is 17.2 Å². The standard InChI is InChI=1S/C26H27N5OS/c1-4-30(5-2)21-14-11-19(12-15-21)25(32)29-26(33)28-20-13-16-24-23(17-20)27-18(3)31(24)22-9-7-6-8-10-22/h6-17H,4-5H2,1-3H3,(H2,28,29,32,33). The van der Waals surface area contributed by atoms with Crippen molar-refractivity contribution in [1.29, 1.82) is 0 Å². The van der Waals surface area contributed by atoms with Crippen LogP contribution in [-0.4, -0.2) is 33.7 Å². The Balaban J connectivity index is 1.45. The first kappa shape index (κ1) is 22.5. The predicted molar refractivity (Wildman–Crippen MR) is 139 cm³/mol. The third-order valence-electron chi connectivity index (χ3n) is 5.58. The van der Waals surface area contributed by atoms with Crippen LogP contribution in [0.2, 0.25) is 0 Å². The molecule has 4 rings (SSSR count). The molecule has 0 bridgehead atoms. The molecule has 1 amide bonds. The number of imidazole rings is 1. The molecule has 6 nitrogen and oxygen atoms in total. The van der Waals surface area contributed by atoms with Crippen molar-refractivity contribution in [2.75, 3.05) is 23.3 Å². The number of aromatic nitrogens is 2. The Bertz CT molecular complexity index is 1280. The number of nitrogens with zero attached hydrogens (tertiary/aromatic N) is 3. The molecular weight excluding hydrogens is 430 g/mol. The van der Waals surface area contributed by atoms with Crippen LogP contribution in [-0.2, 0) is 0 Å². The quantitative estimate of drug-likeness (QED) is 0.385. The van der Waals surface area contributed by atoms with Crippen LogP contribution in [0.15, 0.2) is 72.8 Å². The summed E-state index contributed by atoms with van der Waals surface area (Å²) in [5.41, 5.74) is 5.34. The second-order valence-electron chi connectivity index (χ2n) is 7.66. The lowest BCUT2D eigenvalue weighted by atomic mass is 10.2. The van der Waals surface area contributed by atoms with Crippen molar-refractivity contribution in [3.8, 4) is 5.69 Å². The van der Waals surface area contributed by atoms with E-state index in [1.807, 2.05) is 67.6 Å². The Labute approximate surface area is 199 Å². The van der Waals surface area contributed by atoms with E-state index in [2.05, 4.69) is 46.1 Å². The zero-order chi connectivity index (χ0) is 23.4. The number of benzene rings is 3. The highest BCUT2D eigenvalue weighted by molar-refractivity contribution is 7.80. The normalized spacial score (nSPS) is 10.8. The first-order valence-electron chi connectivity index (χ1n) is 11.0. The smallest absolute Gasteiger partial charge is 0.257 e. The van der Waals surface area contributed by atoms with Gasteiger partial charge in [-0.1, -0.05) is 18.2 Å². The summed E-state index contributed by atoms with van der Waals surface area (Å²) in [5, 5.41) is 6.09. The third kappa shape index (κ3) is 4.88. The van der Waals surface area contributed by atoms with Gasteiger partial charge in [-0.15, -0.1) is 0 Å². The van der Waals surface area contributed by atoms with Gasteiger partial charge in [0.05, 0.1) is 11.0 Å². The number of carbonyl (C=O) groups is 1. The van der Waals surface area contributed by atoms with Crippen LogP contribution in [0.3, 0.4) is 0 Å². The molecule has 1 aromatic heterocycles. The van der Waals surface area contributed by atoms with Gasteiger partial charge in [0, 0.05) is 35.7 Å². The minimum Gasteiger partial charge on any atom is -0.372 e. The van der Waals surface area contributed by atoms with Gasteiger partial charge in [-0.3, -0.25) is 14.7 Å². The van der Waals surface area contributed by atoms with Crippen LogP contribution < -0.4 is 15.5 Å². The minimum absolute atomic E-state index is 0.242. The highest BCUT2D eigenvalue weighted by Crippen LogP contribution is 2.24. The van der Waals surface area contributed by atoms with Crippen LogP contribution in [0.1, 0.15) is 30.0 Å². The third-order valence-corrected chi connectivity index (χ3v) is 5.78. The number of thiocarbonyl (C=S) groups is 1. The Kier molecular flexibility index (Phi) is 6.70. The van der Waals surface area contributed by atoms with Crippen molar-refractivity contribution < 1.29 is 4.79 Å². The van der Waals surface area contributed by atoms with Crippen LogP contribution in [0.25, 0.3) is 16.7 Å². The van der Waals surface area contributed by atoms with Gasteiger partial charge < -0.3 is 10.2 Å². The molecule has 0 spiro atoms. The largest absolute Gasteiger partial charge is 0.372 e. The number of amides is 1. The number of hydrogen-bond donors (Lipinski definition) is 2. The highest BCUT2D eigenvalue weighted by Gasteiger charge is 2.12. The molecule has 0 unspecified atom stereocenters. The van der Waals surface area contributed by atoms with Crippen LogP contribution in [0.4, 0.5) is 11.4 Å². The number of rotatable bonds is 6. The van der Waals surface area contributed by atoms with E-state index in [-0.39, 0.29) is 11.0 Å². The molecule has 0 fully saturated rings. The summed E-state index contributed by atoms with van der Waals surface area (Å²) < 4.78 is 2.11. The maximum Gasteiger partial charge on any atom is 0.257 e. The molecule has 0 radical (unpaired) electrons. The Morgan fingerprint density at radius 2 is 1.70 bits per heavy atom. The lowest BCUT2D eigenvalue weighted by molar-refractivity contribution is 0.0978. The summed E-state index contributed by atoms with van der Waals surface area (Å²) in [7, 11) is 0. The number of para-hydroxylation sites is 1. The van der Waals surface area contributed by atoms with Gasteiger partial charge in [0.2, 0.25) is 0 Å². The van der Waals surface area contributed by atoms with Gasteiger partial charge >= 0.3 is 0 Å². The maximum absolute atomic E-state index is 12.6. The first-order chi connectivity index (χ1) is 16.0. The van der Waals surface area contributed by atoms with Crippen LogP contribution in [0.5, 0.6) is 0 Å². The van der Waals surface area contributed by atoms with Gasteiger partial charge in [0.15, 0.2) is 5.11 Å². The average molecular weight is 458 g/mol. The molecule has 0 aliphatic heterocycles. The molecule has 4 aromatic rings. The molecule has 168 valence electrons. The molecule has 7 heteroatoms. The lowest BCUT2D eigenvalue weighted by Gasteiger charge is -2.21. The summed E-state index contributed by atoms with van der Waals surface area (Å²) in [6, 6.07) is 23.5. The van der Waals surface area contributed by atoms with Crippen molar-refractivity contribution in [1.82, 2.24) is 14.9 Å². The number of fused-ring (bicyclic) bond motifs is 1. The molecular formula is C26H27N5OS. The lowest BCUT2D eigenvalue weighted by Crippen LogP contribution is -2.34. The average Bonchev–Trinajstić information content (AvgIpc) is 3.15. The number of anilines is 2. The van der Waals surface area contributed by atoms with Gasteiger partial charge in [0.25, 0.3) is 5.91 Å². The van der Waals surface area contributed by atoms with Gasteiger partial charge in [0.1, 0.15) is 5.82 Å². The van der Waals surface area contributed by atoms with Crippen molar-refractivity contribution in [2.45, 2.75) is 20.8 Å². The maximum atomic E-state index is 12.6. The van der Waals surface area contributed by atoms with E-state index in [9.17, 15) is 4.79 Å². The molecule has 0 atom stereocenters. The SMILES string of the molecule is CCN(CC)c1ccc(C(=O)NC(=S)Nc2ccc3c(c2)nc(C)n3-c2ccccc2)cc1. The molecule has 3 aromatic carbocycles. The molecule has 2 N–H and O–H groups in total. The highest BCUT2D eigenvalue weighted by atomic mass is 32.1. The van der Waals surface area contributed by atoms with E-state index in [1.54, 1.807) is 0 Å². The van der Waals surface area contributed by atoms with E-state index in [0.717, 1.165) is 47.0 Å². The molecule has 0 aliphatic rings. The van der Waals surface area contributed by atoms with E-state index in [1.165, 1.54) is 0 Å². The zero-order valence-corrected chi connectivity index (χ0v) is 19.8. The zero-order valence-electron chi connectivity index (χ0n) is 19.0. The Morgan fingerprint density at radius 3 is 2.36 bits per heavy atom. The van der Waals surface area contributed by atoms with Gasteiger partial charge in [-0.25, -0.2) is 4.98 Å². The van der Waals surface area contributed by atoms with Gasteiger partial charge in [-0.2, -0.15) is 0 Å². The van der Waals surface area contributed by atoms with E-state index < -0.39 is 0 Å². The molecule has 33 heavy (non-hydrogen) atoms. The molecule has 0 saturated carbocycles. The predicted octanol–water partition coefficient (Wildman–Crippen LogP) is 5.31. The summed E-state index contributed by atoms with van der Waals surface area (Å²) >= 11 is 5.37. The molecule has 0 aliphatic carbocycles. The first-order valence-corrected chi connectivity index (χ1v) is 11.4. The fraction of sp³-hybridized carbons (Fsp3) is 0.192. The number of hydrogen-bond acceptors (Lipinski definition) is 4. The second kappa shape index (κ2) is 9.83. The van der Waals surface area contributed by atoms with Crippen LogP contribution in [0, 0.1) is 6.92 Å². The monoisotopic (exact) mass is 457 g/mol. The molecule has 1 heterocycles. The van der Waals surface area contributed by atoms with Crippen molar-refractivity contribution in [3.05, 3.63) is 84.2 Å². The second-order valence-corrected chi connectivity index (χ2v) is 8.07. The number of nitrogens with one attached hydrogen (secondary N) is 2. The fourth-order valence-electron chi connectivity index (χ4n) is 3.93. The topological polar surface area (TPSA) is 62.2 Å². The summed E-state index contributed by atoms with van der Waals surface area (Å²) in [4.78, 5) is 19.5. The van der Waals surface area contributed by atoms with E-state index in [0.29, 0.717) is 5.56 Å². The minimum atomic E-state index is -0.246. The van der Waals surface area contributed by atoms with Crippen molar-refractivity contribution in [2.24, 2.45) is 0 Å². The Hall–Kier alpha value is -3.71. The summed E-state index contributed by atoms with van der Waals surface area (Å²) in [6.45, 7) is 8.04. The van der Waals surface area contributed by atoms with Crippen molar-refractivity contribution >= 4 is 45.6 Å². The van der Waals surface area contributed by atoms with E-state index >= 15 is 0 Å². The Morgan fingerprint density at radius 1 is 1.00 bits per heavy atom.